The van der Waals surface area contributed by atoms with Crippen LogP contribution in [0, 0.1) is 5.41 Å². The van der Waals surface area contributed by atoms with Crippen LogP contribution in [0.2, 0.25) is 0 Å². The quantitative estimate of drug-likeness (QED) is 0.880. The summed E-state index contributed by atoms with van der Waals surface area (Å²) in [5, 5.41) is 0. The van der Waals surface area contributed by atoms with Crippen molar-refractivity contribution in [1.29, 1.82) is 0 Å². The molecule has 2 fully saturated rings. The van der Waals surface area contributed by atoms with Crippen molar-refractivity contribution in [2.75, 3.05) is 18.0 Å². The fourth-order valence-corrected chi connectivity index (χ4v) is 3.82. The molecule has 1 saturated heterocycles. The smallest absolute Gasteiger partial charge is 0.0410 e. The molecule has 0 spiro atoms. The number of benzene rings is 1. The van der Waals surface area contributed by atoms with Crippen LogP contribution in [0.1, 0.15) is 57.9 Å². The topological polar surface area (TPSA) is 55.3 Å². The average Bonchev–Trinajstić information content (AvgIpc) is 2.51. The Bertz CT molecular complexity index is 488. The molecule has 122 valence electrons. The number of nitrogens with two attached hydrogens (primary N) is 2. The predicted molar refractivity (Wildman–Crippen MR) is 94.0 cm³/mol. The van der Waals surface area contributed by atoms with Crippen LogP contribution < -0.4 is 16.4 Å². The van der Waals surface area contributed by atoms with Gasteiger partial charge in [0.1, 0.15) is 0 Å². The Morgan fingerprint density at radius 2 is 1.50 bits per heavy atom. The van der Waals surface area contributed by atoms with Gasteiger partial charge in [0.05, 0.1) is 0 Å². The van der Waals surface area contributed by atoms with Crippen molar-refractivity contribution < 1.29 is 0 Å². The molecular formula is C19H31N3. The van der Waals surface area contributed by atoms with Crippen LogP contribution in [-0.2, 0) is 5.54 Å². The third kappa shape index (κ3) is 3.31. The van der Waals surface area contributed by atoms with Crippen molar-refractivity contribution in [3.05, 3.63) is 29.8 Å². The molecule has 1 aliphatic carbocycles. The Morgan fingerprint density at radius 1 is 0.955 bits per heavy atom. The maximum absolute atomic E-state index is 6.64. The summed E-state index contributed by atoms with van der Waals surface area (Å²) in [4.78, 5) is 2.51. The molecule has 4 N–H and O–H groups in total. The fraction of sp³-hybridized carbons (Fsp3) is 0.684. The van der Waals surface area contributed by atoms with Gasteiger partial charge in [-0.25, -0.2) is 0 Å². The zero-order valence-electron chi connectivity index (χ0n) is 14.1. The van der Waals surface area contributed by atoms with Gasteiger partial charge in [0.2, 0.25) is 0 Å². The van der Waals surface area contributed by atoms with Crippen LogP contribution in [0.25, 0.3) is 0 Å². The SMILES string of the molecule is CC1(C)CCN(c2ccc(C3(N)CCC(N)CC3)cc2)CC1. The maximum Gasteiger partial charge on any atom is 0.0410 e. The molecule has 0 atom stereocenters. The van der Waals surface area contributed by atoms with Gasteiger partial charge in [0.15, 0.2) is 0 Å². The molecule has 3 nitrogen and oxygen atoms in total. The van der Waals surface area contributed by atoms with Crippen molar-refractivity contribution in [3.63, 3.8) is 0 Å². The number of anilines is 1. The lowest BCUT2D eigenvalue weighted by Gasteiger charge is -2.39. The molecular weight excluding hydrogens is 270 g/mol. The molecule has 2 aliphatic rings. The van der Waals surface area contributed by atoms with Crippen molar-refractivity contribution in [2.45, 2.75) is 64.0 Å². The highest BCUT2D eigenvalue weighted by Gasteiger charge is 2.32. The van der Waals surface area contributed by atoms with E-state index in [0.717, 1.165) is 38.8 Å². The lowest BCUT2D eigenvalue weighted by atomic mass is 9.76. The standard InChI is InChI=1S/C19H31N3/c1-18(2)11-13-22(14-12-18)17-5-3-15(4-6-17)19(21)9-7-16(20)8-10-19/h3-6,16H,7-14,20-21H2,1-2H3. The second-order valence-electron chi connectivity index (χ2n) is 8.19. The second kappa shape index (κ2) is 5.86. The highest BCUT2D eigenvalue weighted by atomic mass is 15.1. The first-order chi connectivity index (χ1) is 10.4. The summed E-state index contributed by atoms with van der Waals surface area (Å²) in [6, 6.07) is 9.35. The monoisotopic (exact) mass is 301 g/mol. The van der Waals surface area contributed by atoms with Gasteiger partial charge < -0.3 is 16.4 Å². The molecule has 1 aromatic rings. The number of hydrogen-bond acceptors (Lipinski definition) is 3. The molecule has 1 aromatic carbocycles. The van der Waals surface area contributed by atoms with E-state index in [9.17, 15) is 0 Å². The molecule has 0 amide bonds. The van der Waals surface area contributed by atoms with Gasteiger partial charge >= 0.3 is 0 Å². The number of rotatable bonds is 2. The van der Waals surface area contributed by atoms with E-state index < -0.39 is 0 Å². The van der Waals surface area contributed by atoms with E-state index in [1.165, 1.54) is 24.1 Å². The van der Waals surface area contributed by atoms with Gasteiger partial charge in [-0.05, 0) is 61.6 Å². The van der Waals surface area contributed by atoms with E-state index >= 15 is 0 Å². The minimum Gasteiger partial charge on any atom is -0.371 e. The largest absolute Gasteiger partial charge is 0.371 e. The van der Waals surface area contributed by atoms with E-state index in [-0.39, 0.29) is 5.54 Å². The lowest BCUT2D eigenvalue weighted by molar-refractivity contribution is 0.277. The average molecular weight is 301 g/mol. The van der Waals surface area contributed by atoms with E-state index in [2.05, 4.69) is 43.0 Å². The molecule has 0 unspecified atom stereocenters. The van der Waals surface area contributed by atoms with Crippen LogP contribution in [-0.4, -0.2) is 19.1 Å². The molecule has 0 radical (unpaired) electrons. The number of nitrogens with zero attached hydrogens (tertiary/aromatic N) is 1. The van der Waals surface area contributed by atoms with Gasteiger partial charge in [-0.1, -0.05) is 26.0 Å². The van der Waals surface area contributed by atoms with Crippen LogP contribution in [0.5, 0.6) is 0 Å². The molecule has 0 bridgehead atoms. The van der Waals surface area contributed by atoms with Crippen molar-refractivity contribution in [1.82, 2.24) is 0 Å². The highest BCUT2D eigenvalue weighted by molar-refractivity contribution is 5.49. The molecule has 0 aromatic heterocycles. The van der Waals surface area contributed by atoms with Gasteiger partial charge in [0.25, 0.3) is 0 Å². The summed E-state index contributed by atoms with van der Waals surface area (Å²) in [5.41, 5.74) is 15.6. The Morgan fingerprint density at radius 3 is 2.05 bits per heavy atom. The first kappa shape index (κ1) is 15.8. The molecule has 22 heavy (non-hydrogen) atoms. The minimum absolute atomic E-state index is 0.168. The van der Waals surface area contributed by atoms with E-state index in [0.29, 0.717) is 11.5 Å². The third-order valence-electron chi connectivity index (χ3n) is 5.85. The Balaban J connectivity index is 1.68. The van der Waals surface area contributed by atoms with Crippen molar-refractivity contribution in [2.24, 2.45) is 16.9 Å². The van der Waals surface area contributed by atoms with E-state index in [1.807, 2.05) is 0 Å². The van der Waals surface area contributed by atoms with Crippen LogP contribution in [0.15, 0.2) is 24.3 Å². The van der Waals surface area contributed by atoms with E-state index in [1.54, 1.807) is 0 Å². The zero-order valence-corrected chi connectivity index (χ0v) is 14.1. The summed E-state index contributed by atoms with van der Waals surface area (Å²) in [7, 11) is 0. The third-order valence-corrected chi connectivity index (χ3v) is 5.85. The van der Waals surface area contributed by atoms with Crippen molar-refractivity contribution >= 4 is 5.69 Å². The van der Waals surface area contributed by atoms with Crippen LogP contribution >= 0.6 is 0 Å². The summed E-state index contributed by atoms with van der Waals surface area (Å²) < 4.78 is 0. The maximum atomic E-state index is 6.64. The highest BCUT2D eigenvalue weighted by Crippen LogP contribution is 2.36. The van der Waals surface area contributed by atoms with Gasteiger partial charge in [0, 0.05) is 30.4 Å². The zero-order chi connectivity index (χ0) is 15.8. The van der Waals surface area contributed by atoms with Gasteiger partial charge in [-0.3, -0.25) is 0 Å². The molecule has 3 rings (SSSR count). The van der Waals surface area contributed by atoms with Crippen molar-refractivity contribution in [3.8, 4) is 0 Å². The van der Waals surface area contributed by atoms with Gasteiger partial charge in [-0.15, -0.1) is 0 Å². The molecule has 1 saturated carbocycles. The Hall–Kier alpha value is -1.06. The lowest BCUT2D eigenvalue weighted by Crippen LogP contribution is -2.43. The van der Waals surface area contributed by atoms with E-state index in [4.69, 9.17) is 11.5 Å². The molecule has 1 aliphatic heterocycles. The van der Waals surface area contributed by atoms with Crippen LogP contribution in [0.4, 0.5) is 5.69 Å². The summed E-state index contributed by atoms with van der Waals surface area (Å²) in [6.07, 6.45) is 6.64. The number of hydrogen-bond donors (Lipinski definition) is 2. The fourth-order valence-electron chi connectivity index (χ4n) is 3.82. The van der Waals surface area contributed by atoms with Crippen LogP contribution in [0.3, 0.4) is 0 Å². The predicted octanol–water partition coefficient (Wildman–Crippen LogP) is 3.37. The molecule has 1 heterocycles. The first-order valence-electron chi connectivity index (χ1n) is 8.78. The first-order valence-corrected chi connectivity index (χ1v) is 8.78. The Labute approximate surface area is 135 Å². The minimum atomic E-state index is -0.168. The number of piperidine rings is 1. The normalized spacial score (nSPS) is 32.0. The second-order valence-corrected chi connectivity index (χ2v) is 8.19. The summed E-state index contributed by atoms with van der Waals surface area (Å²) in [5.74, 6) is 0. The summed E-state index contributed by atoms with van der Waals surface area (Å²) >= 11 is 0. The molecule has 3 heteroatoms. The Kier molecular flexibility index (Phi) is 4.21. The van der Waals surface area contributed by atoms with Gasteiger partial charge in [-0.2, -0.15) is 0 Å². The summed E-state index contributed by atoms with van der Waals surface area (Å²) in [6.45, 7) is 7.07.